The minimum atomic E-state index is -0.901. The maximum atomic E-state index is 13.5. The van der Waals surface area contributed by atoms with Gasteiger partial charge >= 0.3 is 6.09 Å². The molecule has 2 spiro atoms. The number of nitrogens with zero attached hydrogens (tertiary/aromatic N) is 1. The lowest BCUT2D eigenvalue weighted by Gasteiger charge is -2.75. The Bertz CT molecular complexity index is 2050. The molecule has 4 bridgehead atoms. The molecule has 7 aliphatic rings. The first-order valence-electron chi connectivity index (χ1n) is 19.9. The lowest BCUT2D eigenvalue weighted by Crippen LogP contribution is -2.80. The molecule has 5 fully saturated rings. The Morgan fingerprint density at radius 2 is 1.57 bits per heavy atom. The fourth-order valence-electron chi connectivity index (χ4n) is 11.7. The van der Waals surface area contributed by atoms with Crippen LogP contribution in [0.1, 0.15) is 112 Å². The number of aliphatic hydroxyl groups is 1. The van der Waals surface area contributed by atoms with Gasteiger partial charge in [-0.3, -0.25) is 19.8 Å². The summed E-state index contributed by atoms with van der Waals surface area (Å²) in [4.78, 5) is 40.8. The number of benzene rings is 3. The van der Waals surface area contributed by atoms with E-state index in [4.69, 9.17) is 9.47 Å². The molecule has 1 saturated heterocycles. The van der Waals surface area contributed by atoms with Crippen LogP contribution < -0.4 is 20.1 Å². The first-order chi connectivity index (χ1) is 25.6. The molecule has 10 rings (SSSR count). The second-order valence-corrected chi connectivity index (χ2v) is 18.8. The third-order valence-electron chi connectivity index (χ3n) is 15.1. The topological polar surface area (TPSA) is 117 Å². The quantitative estimate of drug-likeness (QED) is 0.199. The van der Waals surface area contributed by atoms with E-state index in [9.17, 15) is 19.5 Å². The molecule has 5 aliphatic carbocycles. The Morgan fingerprint density at radius 3 is 2.22 bits per heavy atom. The van der Waals surface area contributed by atoms with Crippen LogP contribution in [0.5, 0.6) is 11.5 Å². The zero-order valence-corrected chi connectivity index (χ0v) is 32.4. The molecule has 2 amide bonds. The SMILES string of the molecule is CC(=O)c1ccc(NC(=O)c2ccc(NC(=O)Oc3ccc4c5c3O[C@H]3[C@]6(C)CC[C@@]7(C[C@@H]6C(C)(O)C(C)(C)C)[C@@H](C4)N(CC4CC4)CC[C@]537)cc2)cc1. The molecule has 0 aromatic heterocycles. The molecule has 4 saturated carbocycles. The van der Waals surface area contributed by atoms with Gasteiger partial charge in [0.1, 0.15) is 6.10 Å². The van der Waals surface area contributed by atoms with Crippen molar-refractivity contribution in [3.05, 3.63) is 82.9 Å². The van der Waals surface area contributed by atoms with Gasteiger partial charge in [0.05, 0.1) is 5.60 Å². The van der Waals surface area contributed by atoms with Crippen LogP contribution in [0.3, 0.4) is 0 Å². The molecule has 54 heavy (non-hydrogen) atoms. The monoisotopic (exact) mass is 731 g/mol. The molecule has 0 radical (unpaired) electrons. The summed E-state index contributed by atoms with van der Waals surface area (Å²) >= 11 is 0. The number of Topliss-reactive ketones (excluding diaryl/α,β-unsaturated/α-hetero) is 1. The number of anilines is 2. The fourth-order valence-corrected chi connectivity index (χ4v) is 11.7. The molecule has 9 heteroatoms. The van der Waals surface area contributed by atoms with Crippen LogP contribution in [0, 0.1) is 28.1 Å². The van der Waals surface area contributed by atoms with Crippen molar-refractivity contribution >= 4 is 29.2 Å². The highest BCUT2D eigenvalue weighted by molar-refractivity contribution is 6.05. The molecule has 3 aromatic rings. The van der Waals surface area contributed by atoms with Gasteiger partial charge in [-0.1, -0.05) is 33.8 Å². The predicted octanol–water partition coefficient (Wildman–Crippen LogP) is 8.40. The molecule has 1 unspecified atom stereocenters. The zero-order valence-electron chi connectivity index (χ0n) is 32.4. The molecule has 9 nitrogen and oxygen atoms in total. The van der Waals surface area contributed by atoms with Gasteiger partial charge in [-0.2, -0.15) is 0 Å². The normalized spacial score (nSPS) is 31.5. The maximum absolute atomic E-state index is 13.5. The molecule has 3 N–H and O–H groups in total. The number of ketones is 1. The summed E-state index contributed by atoms with van der Waals surface area (Å²) in [5.74, 6) is 1.65. The number of nitrogens with one attached hydrogen (secondary N) is 2. The fraction of sp³-hybridized carbons (Fsp3) is 0.533. The molecular formula is C45H53N3O6. The van der Waals surface area contributed by atoms with Crippen LogP contribution in [0.25, 0.3) is 0 Å². The van der Waals surface area contributed by atoms with E-state index in [0.29, 0.717) is 40.0 Å². The third kappa shape index (κ3) is 5.06. The Kier molecular flexibility index (Phi) is 7.82. The number of carbonyl (C=O) groups is 3. The number of carbonyl (C=O) groups excluding carboxylic acids is 3. The first kappa shape index (κ1) is 35.5. The van der Waals surface area contributed by atoms with Crippen molar-refractivity contribution < 1.29 is 29.0 Å². The van der Waals surface area contributed by atoms with Gasteiger partial charge in [-0.15, -0.1) is 0 Å². The summed E-state index contributed by atoms with van der Waals surface area (Å²) in [5.41, 5.74) is 2.94. The van der Waals surface area contributed by atoms with E-state index >= 15 is 0 Å². The largest absolute Gasteiger partial charge is 0.485 e. The zero-order chi connectivity index (χ0) is 38.0. The molecule has 2 aliphatic heterocycles. The standard InChI is InChI=1S/C45H53N3O6/c1-26(49)28-9-14-31(15-10-28)46-38(50)29-11-16-32(17-12-29)47-40(51)53-33-18-13-30-23-35-44-20-19-42(5,34(24-44)43(6,52)41(2,3)4)39-45(44,36(30)37(33)54-39)21-22-48(35)25-27-7-8-27/h9-18,27,34-35,39,52H,7-8,19-25H2,1-6H3,(H,46,50)(H,47,51)/t34-,35+,39-,42+,43?,44+,45-/m0/s1. The number of likely N-dealkylation sites (tertiary alicyclic amines) is 1. The molecule has 284 valence electrons. The summed E-state index contributed by atoms with van der Waals surface area (Å²) in [6.07, 6.45) is 6.97. The summed E-state index contributed by atoms with van der Waals surface area (Å²) in [7, 11) is 0. The van der Waals surface area contributed by atoms with Crippen LogP contribution in [0.2, 0.25) is 0 Å². The van der Waals surface area contributed by atoms with Crippen molar-refractivity contribution in [2.75, 3.05) is 23.7 Å². The van der Waals surface area contributed by atoms with Gasteiger partial charge in [0, 0.05) is 56.9 Å². The van der Waals surface area contributed by atoms with Crippen LogP contribution in [-0.2, 0) is 11.8 Å². The lowest BCUT2D eigenvalue weighted by molar-refractivity contribution is -0.276. The van der Waals surface area contributed by atoms with E-state index in [1.165, 1.54) is 30.9 Å². The smallest absolute Gasteiger partial charge is 0.417 e. The third-order valence-corrected chi connectivity index (χ3v) is 15.1. The van der Waals surface area contributed by atoms with E-state index in [1.54, 1.807) is 48.5 Å². The highest BCUT2D eigenvalue weighted by Gasteiger charge is 2.80. The summed E-state index contributed by atoms with van der Waals surface area (Å²) in [5, 5.41) is 18.2. The first-order valence-corrected chi connectivity index (χ1v) is 19.9. The maximum Gasteiger partial charge on any atom is 0.417 e. The van der Waals surface area contributed by atoms with Gasteiger partial charge in [0.2, 0.25) is 0 Å². The van der Waals surface area contributed by atoms with Crippen LogP contribution in [-0.4, -0.2) is 58.6 Å². The van der Waals surface area contributed by atoms with Crippen LogP contribution >= 0.6 is 0 Å². The van der Waals surface area contributed by atoms with Crippen molar-refractivity contribution in [1.29, 1.82) is 0 Å². The van der Waals surface area contributed by atoms with Crippen molar-refractivity contribution in [1.82, 2.24) is 4.90 Å². The summed E-state index contributed by atoms with van der Waals surface area (Å²) in [6, 6.07) is 17.8. The average Bonchev–Trinajstić information content (AvgIpc) is 3.87. The second kappa shape index (κ2) is 11.9. The molecule has 3 aromatic carbocycles. The van der Waals surface area contributed by atoms with Crippen molar-refractivity contribution in [3.63, 3.8) is 0 Å². The highest BCUT2D eigenvalue weighted by Crippen LogP contribution is 2.79. The van der Waals surface area contributed by atoms with Crippen molar-refractivity contribution in [2.45, 2.75) is 110 Å². The van der Waals surface area contributed by atoms with E-state index in [-0.39, 0.29) is 45.4 Å². The Balaban J connectivity index is 0.990. The number of piperidine rings is 1. The van der Waals surface area contributed by atoms with Crippen LogP contribution in [0.15, 0.2) is 60.7 Å². The van der Waals surface area contributed by atoms with Gasteiger partial charge in [-0.25, -0.2) is 4.79 Å². The predicted molar refractivity (Wildman–Crippen MR) is 207 cm³/mol. The summed E-state index contributed by atoms with van der Waals surface area (Å²) < 4.78 is 13.4. The van der Waals surface area contributed by atoms with Gasteiger partial charge in [0.15, 0.2) is 17.3 Å². The van der Waals surface area contributed by atoms with Crippen molar-refractivity contribution in [2.24, 2.45) is 28.1 Å². The van der Waals surface area contributed by atoms with E-state index < -0.39 is 11.7 Å². The number of hydrogen-bond acceptors (Lipinski definition) is 7. The van der Waals surface area contributed by atoms with Gasteiger partial charge < -0.3 is 19.9 Å². The molecular weight excluding hydrogens is 679 g/mol. The average molecular weight is 732 g/mol. The van der Waals surface area contributed by atoms with E-state index in [1.807, 2.05) is 6.07 Å². The highest BCUT2D eigenvalue weighted by atomic mass is 16.6. The van der Waals surface area contributed by atoms with E-state index in [0.717, 1.165) is 51.1 Å². The van der Waals surface area contributed by atoms with E-state index in [2.05, 4.69) is 56.2 Å². The van der Waals surface area contributed by atoms with Crippen LogP contribution in [0.4, 0.5) is 16.2 Å². The van der Waals surface area contributed by atoms with Crippen molar-refractivity contribution in [3.8, 4) is 11.5 Å². The number of rotatable bonds is 8. The van der Waals surface area contributed by atoms with Gasteiger partial charge in [-0.05, 0) is 143 Å². The summed E-state index contributed by atoms with van der Waals surface area (Å²) in [6.45, 7) is 14.6. The number of hydrogen-bond donors (Lipinski definition) is 3. The minimum absolute atomic E-state index is 0.0341. The molecule has 7 atom stereocenters. The Hall–Kier alpha value is -4.21. The Labute approximate surface area is 318 Å². The minimum Gasteiger partial charge on any atom is -0.485 e. The Morgan fingerprint density at radius 1 is 0.907 bits per heavy atom. The number of ether oxygens (including phenoxy) is 2. The molecule has 2 heterocycles. The lowest BCUT2D eigenvalue weighted by atomic mass is 9.31. The number of amides is 2. The number of fused-ring (bicyclic) bond motifs is 2. The van der Waals surface area contributed by atoms with Gasteiger partial charge in [0.25, 0.3) is 5.91 Å². The second-order valence-electron chi connectivity index (χ2n) is 18.8.